The highest BCUT2D eigenvalue weighted by Crippen LogP contribution is 2.44. The van der Waals surface area contributed by atoms with Crippen LogP contribution in [0.25, 0.3) is 98.8 Å². The van der Waals surface area contributed by atoms with Crippen LogP contribution in [-0.2, 0) is 0 Å². The van der Waals surface area contributed by atoms with Gasteiger partial charge < -0.3 is 18.6 Å². The molecule has 0 atom stereocenters. The Kier molecular flexibility index (Phi) is 9.82. The summed E-state index contributed by atoms with van der Waals surface area (Å²) in [5.74, 6) is 0. The standard InChI is InChI=1S/C68H44N2O2/c1-2-13-45(14-3-1)47-29-32-54(33-30-47)69(58-35-38-63-64-36-31-48-16-6-7-24-60(48)68(64)72-67(63)44-58)55-21-10-18-50(40-55)51-19-11-22-56(41-51)70(59-34-37-62-61-25-8-9-26-65(61)71-66(62)43-59)57-23-12-20-52(42-57)53-28-27-46-15-4-5-17-49(46)39-53/h1-44H. The van der Waals surface area contributed by atoms with Crippen LogP contribution < -0.4 is 9.80 Å². The first-order valence-electron chi connectivity index (χ1n) is 24.5. The summed E-state index contributed by atoms with van der Waals surface area (Å²) in [4.78, 5) is 4.68. The van der Waals surface area contributed by atoms with E-state index >= 15 is 0 Å². The third kappa shape index (κ3) is 7.24. The molecule has 2 aromatic heterocycles. The normalized spacial score (nSPS) is 11.6. The number of rotatable bonds is 9. The highest BCUT2D eigenvalue weighted by atomic mass is 16.3. The maximum absolute atomic E-state index is 6.76. The molecule has 0 unspecified atom stereocenters. The molecule has 72 heavy (non-hydrogen) atoms. The number of hydrogen-bond acceptors (Lipinski definition) is 4. The molecule has 0 fully saturated rings. The number of hydrogen-bond donors (Lipinski definition) is 0. The summed E-state index contributed by atoms with van der Waals surface area (Å²) in [7, 11) is 0. The van der Waals surface area contributed by atoms with Crippen molar-refractivity contribution in [2.45, 2.75) is 0 Å². The molecule has 4 heteroatoms. The lowest BCUT2D eigenvalue weighted by molar-refractivity contribution is 0.669. The maximum atomic E-state index is 6.76. The van der Waals surface area contributed by atoms with Crippen LogP contribution in [0.1, 0.15) is 0 Å². The van der Waals surface area contributed by atoms with Crippen molar-refractivity contribution in [3.63, 3.8) is 0 Å². The van der Waals surface area contributed by atoms with Gasteiger partial charge in [0.15, 0.2) is 0 Å². The van der Waals surface area contributed by atoms with E-state index in [0.29, 0.717) is 0 Å². The summed E-state index contributed by atoms with van der Waals surface area (Å²) in [5.41, 5.74) is 16.5. The summed E-state index contributed by atoms with van der Waals surface area (Å²) >= 11 is 0. The molecule has 0 aliphatic carbocycles. The molecule has 4 nitrogen and oxygen atoms in total. The predicted molar refractivity (Wildman–Crippen MR) is 302 cm³/mol. The van der Waals surface area contributed by atoms with Crippen LogP contribution in [-0.4, -0.2) is 0 Å². The Hall–Kier alpha value is -9.64. The van der Waals surface area contributed by atoms with Gasteiger partial charge in [-0.2, -0.15) is 0 Å². The maximum Gasteiger partial charge on any atom is 0.143 e. The van der Waals surface area contributed by atoms with Gasteiger partial charge in [-0.25, -0.2) is 0 Å². The smallest absolute Gasteiger partial charge is 0.143 e. The van der Waals surface area contributed by atoms with E-state index in [9.17, 15) is 0 Å². The second-order valence-corrected chi connectivity index (χ2v) is 18.5. The third-order valence-electron chi connectivity index (χ3n) is 14.2. The molecule has 12 aromatic carbocycles. The van der Waals surface area contributed by atoms with Crippen molar-refractivity contribution in [3.05, 3.63) is 267 Å². The average Bonchev–Trinajstić information content (AvgIpc) is 4.02. The summed E-state index contributed by atoms with van der Waals surface area (Å²) in [6.07, 6.45) is 0. The minimum atomic E-state index is 0.847. The van der Waals surface area contributed by atoms with Crippen molar-refractivity contribution in [1.82, 2.24) is 0 Å². The van der Waals surface area contributed by atoms with E-state index in [2.05, 4.69) is 265 Å². The van der Waals surface area contributed by atoms with Gasteiger partial charge in [0, 0.05) is 73.2 Å². The zero-order chi connectivity index (χ0) is 47.5. The van der Waals surface area contributed by atoms with Crippen molar-refractivity contribution in [1.29, 1.82) is 0 Å². The van der Waals surface area contributed by atoms with Crippen LogP contribution >= 0.6 is 0 Å². The van der Waals surface area contributed by atoms with E-state index in [1.807, 2.05) is 12.1 Å². The van der Waals surface area contributed by atoms with Gasteiger partial charge in [0.1, 0.15) is 22.3 Å². The fourth-order valence-electron chi connectivity index (χ4n) is 10.7. The lowest BCUT2D eigenvalue weighted by Gasteiger charge is -2.27. The van der Waals surface area contributed by atoms with Gasteiger partial charge in [-0.1, -0.05) is 164 Å². The zero-order valence-corrected chi connectivity index (χ0v) is 39.1. The summed E-state index contributed by atoms with van der Waals surface area (Å²) in [6.45, 7) is 0. The number of nitrogens with zero attached hydrogens (tertiary/aromatic N) is 2. The second kappa shape index (κ2) is 17.1. The molecule has 2 heterocycles. The van der Waals surface area contributed by atoms with Crippen LogP contribution in [0.5, 0.6) is 0 Å². The minimum absolute atomic E-state index is 0.847. The summed E-state index contributed by atoms with van der Waals surface area (Å²) in [5, 5.41) is 9.13. The Balaban J connectivity index is 0.892. The molecule has 0 radical (unpaired) electrons. The summed E-state index contributed by atoms with van der Waals surface area (Å²) in [6, 6.07) is 95.5. The van der Waals surface area contributed by atoms with Gasteiger partial charge in [0.05, 0.1) is 0 Å². The molecule has 0 amide bonds. The number of para-hydroxylation sites is 1. The van der Waals surface area contributed by atoms with Gasteiger partial charge >= 0.3 is 0 Å². The van der Waals surface area contributed by atoms with Crippen molar-refractivity contribution in [2.24, 2.45) is 0 Å². The van der Waals surface area contributed by atoms with Crippen molar-refractivity contribution >= 4 is 99.5 Å². The number of furan rings is 2. The van der Waals surface area contributed by atoms with Crippen LogP contribution in [0.4, 0.5) is 34.1 Å². The van der Waals surface area contributed by atoms with E-state index in [0.717, 1.165) is 111 Å². The highest BCUT2D eigenvalue weighted by Gasteiger charge is 2.20. The molecule has 0 saturated carbocycles. The van der Waals surface area contributed by atoms with Crippen LogP contribution in [0.3, 0.4) is 0 Å². The van der Waals surface area contributed by atoms with E-state index in [1.54, 1.807) is 0 Å². The van der Waals surface area contributed by atoms with Crippen molar-refractivity contribution < 1.29 is 8.83 Å². The molecular formula is C68H44N2O2. The third-order valence-corrected chi connectivity index (χ3v) is 14.2. The van der Waals surface area contributed by atoms with Crippen LogP contribution in [0, 0.1) is 0 Å². The van der Waals surface area contributed by atoms with E-state index in [4.69, 9.17) is 8.83 Å². The second-order valence-electron chi connectivity index (χ2n) is 18.5. The van der Waals surface area contributed by atoms with E-state index in [-0.39, 0.29) is 0 Å². The number of fused-ring (bicyclic) bond motifs is 9. The van der Waals surface area contributed by atoms with Gasteiger partial charge in [-0.05, 0) is 141 Å². The summed E-state index contributed by atoms with van der Waals surface area (Å²) < 4.78 is 13.3. The molecule has 0 saturated heterocycles. The largest absolute Gasteiger partial charge is 0.456 e. The molecular weight excluding hydrogens is 877 g/mol. The Morgan fingerprint density at radius 1 is 0.208 bits per heavy atom. The Morgan fingerprint density at radius 2 is 0.639 bits per heavy atom. The molecule has 338 valence electrons. The fraction of sp³-hybridized carbons (Fsp3) is 0. The topological polar surface area (TPSA) is 32.8 Å². The Bertz CT molecular complexity index is 4360. The van der Waals surface area contributed by atoms with Gasteiger partial charge in [-0.15, -0.1) is 0 Å². The first kappa shape index (κ1) is 41.3. The minimum Gasteiger partial charge on any atom is -0.456 e. The number of anilines is 6. The van der Waals surface area contributed by atoms with Gasteiger partial charge in [-0.3, -0.25) is 0 Å². The van der Waals surface area contributed by atoms with Gasteiger partial charge in [0.2, 0.25) is 0 Å². The van der Waals surface area contributed by atoms with Crippen LogP contribution in [0.15, 0.2) is 276 Å². The molecule has 0 bridgehead atoms. The zero-order valence-electron chi connectivity index (χ0n) is 39.1. The van der Waals surface area contributed by atoms with Gasteiger partial charge in [0.25, 0.3) is 0 Å². The van der Waals surface area contributed by atoms with Crippen molar-refractivity contribution in [3.8, 4) is 33.4 Å². The molecule has 0 aliphatic heterocycles. The lowest BCUT2D eigenvalue weighted by atomic mass is 10.00. The SMILES string of the molecule is c1ccc(-c2ccc(N(c3cccc(-c4cccc(N(c5cccc(-c6ccc7ccccc7c6)c5)c5ccc6c(c5)oc5ccccc56)c4)c3)c3ccc4c(c3)oc3c5ccccc5ccc43)cc2)cc1. The molecule has 0 N–H and O–H groups in total. The quantitative estimate of drug-likeness (QED) is 0.144. The average molecular weight is 921 g/mol. The fourth-order valence-corrected chi connectivity index (χ4v) is 10.7. The monoisotopic (exact) mass is 920 g/mol. The van der Waals surface area contributed by atoms with Crippen molar-refractivity contribution in [2.75, 3.05) is 9.80 Å². The Morgan fingerprint density at radius 3 is 1.32 bits per heavy atom. The number of benzene rings is 12. The van der Waals surface area contributed by atoms with Crippen LogP contribution in [0.2, 0.25) is 0 Å². The molecule has 14 rings (SSSR count). The highest BCUT2D eigenvalue weighted by molar-refractivity contribution is 6.15. The lowest BCUT2D eigenvalue weighted by Crippen LogP contribution is -2.10. The first-order chi connectivity index (χ1) is 35.6. The molecule has 14 aromatic rings. The molecule has 0 aliphatic rings. The van der Waals surface area contributed by atoms with E-state index < -0.39 is 0 Å². The Labute approximate surface area is 416 Å². The first-order valence-corrected chi connectivity index (χ1v) is 24.5. The van der Waals surface area contributed by atoms with E-state index in [1.165, 1.54) is 21.9 Å². The molecule has 0 spiro atoms. The predicted octanol–water partition coefficient (Wildman–Crippen LogP) is 19.7.